The van der Waals surface area contributed by atoms with E-state index >= 15 is 0 Å². The number of carbonyl (C=O) groups is 2. The van der Waals surface area contributed by atoms with Gasteiger partial charge in [0, 0.05) is 22.1 Å². The predicted molar refractivity (Wildman–Crippen MR) is 126 cm³/mol. The highest BCUT2D eigenvalue weighted by Gasteiger charge is 2.17. The molecule has 0 aliphatic heterocycles. The Hall–Kier alpha value is -3.21. The first-order chi connectivity index (χ1) is 15.5. The lowest BCUT2D eigenvalue weighted by Crippen LogP contribution is -2.33. The molecule has 3 N–H and O–H groups in total. The summed E-state index contributed by atoms with van der Waals surface area (Å²) in [6.07, 6.45) is 0. The smallest absolute Gasteiger partial charge is 0.264 e. The first kappa shape index (κ1) is 24.4. The van der Waals surface area contributed by atoms with Crippen molar-refractivity contribution in [2.75, 3.05) is 16.6 Å². The standard InChI is InChI=1S/C21H19Cl2N5O4S/c1-12-9-13(2)26-21(25-12)28-33(31,32)16-6-4-15(5-7-16)27-19(29)11-24-20(30)17-8-3-14(22)10-18(17)23/h3-10H,11H2,1-2H3,(H,24,30)(H,27,29)(H,25,26,28). The third-order valence-electron chi connectivity index (χ3n) is 4.24. The van der Waals surface area contributed by atoms with Crippen LogP contribution in [-0.2, 0) is 14.8 Å². The maximum absolute atomic E-state index is 12.6. The van der Waals surface area contributed by atoms with Crippen LogP contribution in [0.4, 0.5) is 11.6 Å². The van der Waals surface area contributed by atoms with Gasteiger partial charge in [0.05, 0.1) is 22.0 Å². The number of aryl methyl sites for hydroxylation is 2. The molecule has 0 aliphatic rings. The van der Waals surface area contributed by atoms with Crippen molar-refractivity contribution < 1.29 is 18.0 Å². The highest BCUT2D eigenvalue weighted by molar-refractivity contribution is 7.92. The second kappa shape index (κ2) is 10.2. The van der Waals surface area contributed by atoms with Crippen molar-refractivity contribution >= 4 is 56.7 Å². The molecule has 172 valence electrons. The maximum atomic E-state index is 12.6. The minimum absolute atomic E-state index is 0.0265. The molecule has 3 rings (SSSR count). The molecule has 0 spiro atoms. The molecule has 0 atom stereocenters. The summed E-state index contributed by atoms with van der Waals surface area (Å²) in [6.45, 7) is 3.15. The molecular weight excluding hydrogens is 489 g/mol. The van der Waals surface area contributed by atoms with Gasteiger partial charge >= 0.3 is 0 Å². The predicted octanol–water partition coefficient (Wildman–Crippen LogP) is 3.57. The number of hydrogen-bond donors (Lipinski definition) is 3. The first-order valence-electron chi connectivity index (χ1n) is 9.52. The average Bonchev–Trinajstić information content (AvgIpc) is 2.71. The zero-order valence-corrected chi connectivity index (χ0v) is 19.8. The number of nitrogens with zero attached hydrogens (tertiary/aromatic N) is 2. The minimum atomic E-state index is -3.92. The zero-order chi connectivity index (χ0) is 24.2. The fourth-order valence-corrected chi connectivity index (χ4v) is 4.24. The van der Waals surface area contributed by atoms with E-state index in [0.717, 1.165) is 0 Å². The number of aromatic nitrogens is 2. The maximum Gasteiger partial charge on any atom is 0.264 e. The molecule has 0 saturated carbocycles. The summed E-state index contributed by atoms with van der Waals surface area (Å²) in [7, 11) is -3.92. The molecule has 0 fully saturated rings. The highest BCUT2D eigenvalue weighted by Crippen LogP contribution is 2.21. The number of benzene rings is 2. The number of amides is 2. The van der Waals surface area contributed by atoms with Crippen LogP contribution < -0.4 is 15.4 Å². The van der Waals surface area contributed by atoms with Crippen LogP contribution in [0.25, 0.3) is 0 Å². The fraction of sp³-hybridized carbons (Fsp3) is 0.143. The second-order valence-corrected chi connectivity index (χ2v) is 9.49. The summed E-state index contributed by atoms with van der Waals surface area (Å²) in [6, 6.07) is 11.6. The van der Waals surface area contributed by atoms with Crippen LogP contribution in [-0.4, -0.2) is 36.7 Å². The van der Waals surface area contributed by atoms with Gasteiger partial charge in [-0.3, -0.25) is 9.59 Å². The number of sulfonamides is 1. The molecule has 0 bridgehead atoms. The molecule has 2 aromatic carbocycles. The molecule has 1 aromatic heterocycles. The Balaban J connectivity index is 1.59. The molecule has 0 unspecified atom stereocenters. The third kappa shape index (κ3) is 6.64. The Kier molecular flexibility index (Phi) is 7.52. The summed E-state index contributed by atoms with van der Waals surface area (Å²) in [5, 5.41) is 5.57. The van der Waals surface area contributed by atoms with Crippen molar-refractivity contribution in [1.82, 2.24) is 15.3 Å². The number of hydrogen-bond acceptors (Lipinski definition) is 6. The van der Waals surface area contributed by atoms with Gasteiger partial charge in [-0.1, -0.05) is 23.2 Å². The molecule has 0 aliphatic carbocycles. The van der Waals surface area contributed by atoms with Crippen LogP contribution in [0, 0.1) is 13.8 Å². The van der Waals surface area contributed by atoms with E-state index in [2.05, 4.69) is 25.3 Å². The summed E-state index contributed by atoms with van der Waals surface area (Å²) in [4.78, 5) is 32.4. The van der Waals surface area contributed by atoms with Gasteiger partial charge in [-0.25, -0.2) is 23.1 Å². The van der Waals surface area contributed by atoms with Crippen LogP contribution in [0.15, 0.2) is 53.4 Å². The average molecular weight is 508 g/mol. The van der Waals surface area contributed by atoms with E-state index in [1.54, 1.807) is 19.9 Å². The van der Waals surface area contributed by atoms with Crippen LogP contribution in [0.2, 0.25) is 10.0 Å². The van der Waals surface area contributed by atoms with Crippen LogP contribution in [0.1, 0.15) is 21.7 Å². The van der Waals surface area contributed by atoms with E-state index < -0.39 is 21.8 Å². The monoisotopic (exact) mass is 507 g/mol. The quantitative estimate of drug-likeness (QED) is 0.448. The molecule has 33 heavy (non-hydrogen) atoms. The number of carbonyl (C=O) groups excluding carboxylic acids is 2. The minimum Gasteiger partial charge on any atom is -0.343 e. The van der Waals surface area contributed by atoms with Crippen LogP contribution in [0.3, 0.4) is 0 Å². The van der Waals surface area contributed by atoms with Gasteiger partial charge in [0.25, 0.3) is 15.9 Å². The summed E-state index contributed by atoms with van der Waals surface area (Å²) < 4.78 is 27.5. The Morgan fingerprint density at radius 3 is 2.18 bits per heavy atom. The Morgan fingerprint density at radius 1 is 0.939 bits per heavy atom. The SMILES string of the molecule is Cc1cc(C)nc(NS(=O)(=O)c2ccc(NC(=O)CNC(=O)c3ccc(Cl)cc3Cl)cc2)n1. The summed E-state index contributed by atoms with van der Waals surface area (Å²) >= 11 is 11.8. The molecule has 0 saturated heterocycles. The number of rotatable bonds is 7. The van der Waals surface area contributed by atoms with E-state index in [1.807, 2.05) is 0 Å². The van der Waals surface area contributed by atoms with Crippen molar-refractivity contribution in [1.29, 1.82) is 0 Å². The highest BCUT2D eigenvalue weighted by atomic mass is 35.5. The van der Waals surface area contributed by atoms with Crippen molar-refractivity contribution in [2.45, 2.75) is 18.7 Å². The van der Waals surface area contributed by atoms with Crippen molar-refractivity contribution in [3.63, 3.8) is 0 Å². The van der Waals surface area contributed by atoms with Crippen LogP contribution >= 0.6 is 23.2 Å². The van der Waals surface area contributed by atoms with Gasteiger partial charge in [-0.05, 0) is 62.4 Å². The Bertz CT molecular complexity index is 1290. The normalized spacial score (nSPS) is 11.0. The molecule has 1 heterocycles. The van der Waals surface area contributed by atoms with Gasteiger partial charge in [-0.2, -0.15) is 0 Å². The van der Waals surface area contributed by atoms with Crippen molar-refractivity contribution in [3.8, 4) is 0 Å². The third-order valence-corrected chi connectivity index (χ3v) is 6.13. The van der Waals surface area contributed by atoms with Crippen molar-refractivity contribution in [2.24, 2.45) is 0 Å². The fourth-order valence-electron chi connectivity index (χ4n) is 2.80. The van der Waals surface area contributed by atoms with E-state index in [4.69, 9.17) is 23.2 Å². The second-order valence-electron chi connectivity index (χ2n) is 6.96. The molecule has 2 amide bonds. The number of nitrogens with one attached hydrogen (secondary N) is 3. The first-order valence-corrected chi connectivity index (χ1v) is 11.8. The number of halogens is 2. The van der Waals surface area contributed by atoms with Gasteiger partial charge in [0.1, 0.15) is 0 Å². The van der Waals surface area contributed by atoms with E-state index in [1.165, 1.54) is 42.5 Å². The van der Waals surface area contributed by atoms with Gasteiger partial charge < -0.3 is 10.6 Å². The molecule has 3 aromatic rings. The Labute approximate surface area is 200 Å². The lowest BCUT2D eigenvalue weighted by atomic mass is 10.2. The molecule has 9 nitrogen and oxygen atoms in total. The largest absolute Gasteiger partial charge is 0.343 e. The zero-order valence-electron chi connectivity index (χ0n) is 17.5. The van der Waals surface area contributed by atoms with E-state index in [-0.39, 0.29) is 28.0 Å². The topological polar surface area (TPSA) is 130 Å². The van der Waals surface area contributed by atoms with Crippen LogP contribution in [0.5, 0.6) is 0 Å². The van der Waals surface area contributed by atoms with Gasteiger partial charge in [0.15, 0.2) is 0 Å². The molecule has 0 radical (unpaired) electrons. The lowest BCUT2D eigenvalue weighted by Gasteiger charge is -2.10. The number of anilines is 2. The Morgan fingerprint density at radius 2 is 1.58 bits per heavy atom. The van der Waals surface area contributed by atoms with Gasteiger partial charge in [-0.15, -0.1) is 0 Å². The molecular formula is C21H19Cl2N5O4S. The summed E-state index contributed by atoms with van der Waals surface area (Å²) in [5.74, 6) is -1.07. The lowest BCUT2D eigenvalue weighted by molar-refractivity contribution is -0.115. The van der Waals surface area contributed by atoms with E-state index in [9.17, 15) is 18.0 Å². The molecule has 12 heteroatoms. The van der Waals surface area contributed by atoms with E-state index in [0.29, 0.717) is 22.1 Å². The van der Waals surface area contributed by atoms with Gasteiger partial charge in [0.2, 0.25) is 11.9 Å². The van der Waals surface area contributed by atoms with Crippen molar-refractivity contribution in [3.05, 3.63) is 75.5 Å². The summed E-state index contributed by atoms with van der Waals surface area (Å²) in [5.41, 5.74) is 1.79.